The van der Waals surface area contributed by atoms with Gasteiger partial charge in [0.15, 0.2) is 0 Å². The Morgan fingerprint density at radius 3 is 2.79 bits per heavy atom. The van der Waals surface area contributed by atoms with Crippen LogP contribution in [0.1, 0.15) is 32.9 Å². The van der Waals surface area contributed by atoms with E-state index in [2.05, 4.69) is 12.0 Å². The molecular formula is C13H23N3O2S. The molecule has 0 bridgehead atoms. The van der Waals surface area contributed by atoms with E-state index in [4.69, 9.17) is 10.5 Å². The summed E-state index contributed by atoms with van der Waals surface area (Å²) in [6, 6.07) is 2.03. The third-order valence-corrected chi connectivity index (χ3v) is 3.93. The summed E-state index contributed by atoms with van der Waals surface area (Å²) < 4.78 is 6.84. The molecule has 0 spiro atoms. The normalized spacial score (nSPS) is 15.9. The van der Waals surface area contributed by atoms with Crippen LogP contribution in [0.2, 0.25) is 0 Å². The summed E-state index contributed by atoms with van der Waals surface area (Å²) >= 11 is 1.67. The highest BCUT2D eigenvalue weighted by molar-refractivity contribution is 7.99. The minimum Gasteiger partial charge on any atom is -0.465 e. The smallest absolute Gasteiger partial charge is 0.325 e. The lowest BCUT2D eigenvalue weighted by atomic mass is 9.98. The fourth-order valence-electron chi connectivity index (χ4n) is 1.92. The highest BCUT2D eigenvalue weighted by atomic mass is 32.2. The second-order valence-corrected chi connectivity index (χ2v) is 6.48. The number of nitrogens with two attached hydrogens (primary N) is 1. The van der Waals surface area contributed by atoms with E-state index in [1.54, 1.807) is 25.6 Å². The topological polar surface area (TPSA) is 70.1 Å². The third-order valence-electron chi connectivity index (χ3n) is 2.73. The fraction of sp³-hybridized carbons (Fsp3) is 0.692. The second kappa shape index (κ2) is 6.43. The lowest BCUT2D eigenvalue weighted by molar-refractivity contribution is -0.149. The molecule has 1 rings (SSSR count). The van der Waals surface area contributed by atoms with Crippen molar-refractivity contribution in [3.05, 3.63) is 11.8 Å². The number of rotatable bonds is 6. The van der Waals surface area contributed by atoms with Crippen molar-refractivity contribution in [2.24, 2.45) is 12.8 Å². The summed E-state index contributed by atoms with van der Waals surface area (Å²) in [5.74, 6) is -0.344. The van der Waals surface area contributed by atoms with E-state index >= 15 is 0 Å². The molecule has 0 aliphatic heterocycles. The molecule has 2 atom stereocenters. The molecule has 0 saturated carbocycles. The lowest BCUT2D eigenvalue weighted by Crippen LogP contribution is -2.47. The highest BCUT2D eigenvalue weighted by Crippen LogP contribution is 2.28. The molecule has 0 radical (unpaired) electrons. The Labute approximate surface area is 118 Å². The zero-order chi connectivity index (χ0) is 14.6. The van der Waals surface area contributed by atoms with Gasteiger partial charge in [-0.2, -0.15) is 5.10 Å². The molecule has 0 aliphatic carbocycles. The summed E-state index contributed by atoms with van der Waals surface area (Å²) in [6.07, 6.45) is 0.556. The van der Waals surface area contributed by atoms with Crippen molar-refractivity contribution in [2.75, 3.05) is 6.61 Å². The number of hydrogen-bond donors (Lipinski definition) is 1. The molecule has 1 aromatic heterocycles. The molecule has 1 aromatic rings. The van der Waals surface area contributed by atoms with Crippen LogP contribution in [0.15, 0.2) is 11.1 Å². The molecule has 108 valence electrons. The number of ether oxygens (including phenoxy) is 1. The van der Waals surface area contributed by atoms with Crippen LogP contribution < -0.4 is 5.73 Å². The maximum atomic E-state index is 11.7. The average molecular weight is 285 g/mol. The Morgan fingerprint density at radius 1 is 1.68 bits per heavy atom. The van der Waals surface area contributed by atoms with Crippen LogP contribution in [0, 0.1) is 6.92 Å². The Kier molecular flexibility index (Phi) is 5.43. The van der Waals surface area contributed by atoms with Gasteiger partial charge in [-0.05, 0) is 33.3 Å². The molecule has 1 heterocycles. The number of carbonyl (C=O) groups excluding carboxylic acids is 1. The maximum absolute atomic E-state index is 11.7. The van der Waals surface area contributed by atoms with E-state index < -0.39 is 5.54 Å². The number of esters is 1. The fourth-order valence-corrected chi connectivity index (χ4v) is 3.20. The van der Waals surface area contributed by atoms with Gasteiger partial charge in [-0.25, -0.2) is 0 Å². The molecule has 5 nitrogen and oxygen atoms in total. The number of hydrogen-bond acceptors (Lipinski definition) is 5. The quantitative estimate of drug-likeness (QED) is 0.638. The Bertz CT molecular complexity index is 443. The third kappa shape index (κ3) is 4.54. The van der Waals surface area contributed by atoms with Gasteiger partial charge in [0.25, 0.3) is 0 Å². The minimum atomic E-state index is -0.948. The van der Waals surface area contributed by atoms with E-state index in [1.165, 1.54) is 0 Å². The predicted molar refractivity (Wildman–Crippen MR) is 77.1 cm³/mol. The van der Waals surface area contributed by atoms with Gasteiger partial charge >= 0.3 is 5.97 Å². The first-order valence-electron chi connectivity index (χ1n) is 6.39. The van der Waals surface area contributed by atoms with Gasteiger partial charge in [0.2, 0.25) is 0 Å². The number of nitrogens with zero attached hydrogens (tertiary/aromatic N) is 2. The van der Waals surface area contributed by atoms with Crippen molar-refractivity contribution < 1.29 is 9.53 Å². The zero-order valence-corrected chi connectivity index (χ0v) is 13.1. The molecule has 0 fully saturated rings. The van der Waals surface area contributed by atoms with Gasteiger partial charge in [0.05, 0.1) is 17.3 Å². The van der Waals surface area contributed by atoms with Gasteiger partial charge in [0, 0.05) is 12.3 Å². The summed E-state index contributed by atoms with van der Waals surface area (Å²) in [7, 11) is 1.91. The highest BCUT2D eigenvalue weighted by Gasteiger charge is 2.32. The van der Waals surface area contributed by atoms with Crippen molar-refractivity contribution in [3.8, 4) is 0 Å². The van der Waals surface area contributed by atoms with Crippen LogP contribution in [0.4, 0.5) is 0 Å². The van der Waals surface area contributed by atoms with Crippen molar-refractivity contribution in [1.29, 1.82) is 0 Å². The van der Waals surface area contributed by atoms with Crippen molar-refractivity contribution in [1.82, 2.24) is 9.78 Å². The minimum absolute atomic E-state index is 0.203. The van der Waals surface area contributed by atoms with Crippen molar-refractivity contribution in [2.45, 2.75) is 49.9 Å². The second-order valence-electron chi connectivity index (χ2n) is 5.02. The first-order chi connectivity index (χ1) is 8.76. The van der Waals surface area contributed by atoms with Crippen LogP contribution >= 0.6 is 11.8 Å². The number of aryl methyl sites for hydroxylation is 2. The van der Waals surface area contributed by atoms with Crippen LogP contribution in [-0.2, 0) is 16.6 Å². The van der Waals surface area contributed by atoms with E-state index in [0.717, 1.165) is 10.7 Å². The van der Waals surface area contributed by atoms with E-state index in [0.29, 0.717) is 13.0 Å². The first kappa shape index (κ1) is 16.0. The van der Waals surface area contributed by atoms with Gasteiger partial charge in [-0.15, -0.1) is 11.8 Å². The van der Waals surface area contributed by atoms with Gasteiger partial charge in [0.1, 0.15) is 5.54 Å². The summed E-state index contributed by atoms with van der Waals surface area (Å²) in [4.78, 5) is 11.7. The Balaban J connectivity index is 2.62. The van der Waals surface area contributed by atoms with Crippen molar-refractivity contribution in [3.63, 3.8) is 0 Å². The molecule has 2 N–H and O–H groups in total. The van der Waals surface area contributed by atoms with E-state index in [1.807, 2.05) is 24.7 Å². The Hall–Kier alpha value is -1.01. The molecule has 0 aliphatic rings. The zero-order valence-electron chi connectivity index (χ0n) is 12.3. The lowest BCUT2D eigenvalue weighted by Gasteiger charge is -2.25. The Morgan fingerprint density at radius 2 is 2.32 bits per heavy atom. The summed E-state index contributed by atoms with van der Waals surface area (Å²) in [5.41, 5.74) is 6.07. The van der Waals surface area contributed by atoms with Crippen LogP contribution in [0.3, 0.4) is 0 Å². The molecule has 2 unspecified atom stereocenters. The average Bonchev–Trinajstić information content (AvgIpc) is 2.56. The van der Waals surface area contributed by atoms with Gasteiger partial charge in [-0.3, -0.25) is 9.48 Å². The largest absolute Gasteiger partial charge is 0.465 e. The maximum Gasteiger partial charge on any atom is 0.325 e. The summed E-state index contributed by atoms with van der Waals surface area (Å²) in [6.45, 7) is 7.87. The number of thioether (sulfide) groups is 1. The monoisotopic (exact) mass is 285 g/mol. The molecular weight excluding hydrogens is 262 g/mol. The van der Waals surface area contributed by atoms with Gasteiger partial charge < -0.3 is 10.5 Å². The molecule has 0 amide bonds. The number of aromatic nitrogens is 2. The van der Waals surface area contributed by atoms with Crippen LogP contribution in [0.25, 0.3) is 0 Å². The SMILES string of the molecule is CCOC(=O)C(C)(N)CC(C)Sc1cc(C)nn1C. The predicted octanol–water partition coefficient (Wildman–Crippen LogP) is 1.88. The van der Waals surface area contributed by atoms with Crippen molar-refractivity contribution >= 4 is 17.7 Å². The standard InChI is InChI=1S/C13H23N3O2S/c1-6-18-12(17)13(4,14)8-10(3)19-11-7-9(2)15-16(11)5/h7,10H,6,8,14H2,1-5H3. The molecule has 6 heteroatoms. The molecule has 0 aromatic carbocycles. The van der Waals surface area contributed by atoms with Crippen LogP contribution in [-0.4, -0.2) is 33.1 Å². The van der Waals surface area contributed by atoms with Gasteiger partial charge in [-0.1, -0.05) is 6.92 Å². The summed E-state index contributed by atoms with van der Waals surface area (Å²) in [5, 5.41) is 5.57. The molecule has 0 saturated heterocycles. The van der Waals surface area contributed by atoms with Crippen LogP contribution in [0.5, 0.6) is 0 Å². The van der Waals surface area contributed by atoms with E-state index in [-0.39, 0.29) is 11.2 Å². The first-order valence-corrected chi connectivity index (χ1v) is 7.27. The number of carbonyl (C=O) groups is 1. The van der Waals surface area contributed by atoms with E-state index in [9.17, 15) is 4.79 Å². The molecule has 19 heavy (non-hydrogen) atoms.